The van der Waals surface area contributed by atoms with Gasteiger partial charge in [-0.3, -0.25) is 9.80 Å². The minimum Gasteiger partial charge on any atom is -0.504 e. The molecule has 2 heterocycles. The van der Waals surface area contributed by atoms with Gasteiger partial charge < -0.3 is 30.6 Å². The molecule has 4 aromatic rings. The van der Waals surface area contributed by atoms with E-state index in [-0.39, 0.29) is 59.4 Å². The van der Waals surface area contributed by atoms with Gasteiger partial charge in [0, 0.05) is 49.0 Å². The van der Waals surface area contributed by atoms with Crippen LogP contribution in [0.4, 0.5) is 26.3 Å². The smallest absolute Gasteiger partial charge is 0.328 e. The zero-order valence-electron chi connectivity index (χ0n) is 35.9. The Morgan fingerprint density at radius 1 is 0.635 bits per heavy atom. The summed E-state index contributed by atoms with van der Waals surface area (Å²) in [5.74, 6) is -7.80. The monoisotopic (exact) mass is 886 g/mol. The maximum atomic E-state index is 15.2. The van der Waals surface area contributed by atoms with E-state index in [1.165, 1.54) is 52.0 Å². The molecular formula is C47H52F6N2O8. The molecule has 0 radical (unpaired) electrons. The summed E-state index contributed by atoms with van der Waals surface area (Å²) in [7, 11) is 0. The SMILES string of the molecule is CC.CC(C)(F)CN1CCc2cc(O)c(O)cc2C1c1c(F)cc(/C=C/C(=O)O)cc1F.CC1Cc2cc(O)c(O)cc2[C@H](c2c(F)cc(/C=C/C(=O)O)cc2F)N1CC(C)(C)F. The highest BCUT2D eigenvalue weighted by Gasteiger charge is 2.40. The normalized spacial score (nSPS) is 18.0. The number of phenols is 4. The van der Waals surface area contributed by atoms with E-state index in [0.29, 0.717) is 35.1 Å². The maximum absolute atomic E-state index is 15.2. The molecule has 0 aromatic heterocycles. The van der Waals surface area contributed by atoms with Crippen molar-refractivity contribution in [2.24, 2.45) is 0 Å². The number of halogens is 6. The van der Waals surface area contributed by atoms with Gasteiger partial charge in [-0.05, 0) is 142 Å². The summed E-state index contributed by atoms with van der Waals surface area (Å²) in [6.07, 6.45) is 4.46. The van der Waals surface area contributed by atoms with Crippen molar-refractivity contribution in [3.05, 3.63) is 128 Å². The minimum atomic E-state index is -1.67. The van der Waals surface area contributed by atoms with E-state index in [2.05, 4.69) is 0 Å². The van der Waals surface area contributed by atoms with Crippen LogP contribution in [0.1, 0.15) is 105 Å². The topological polar surface area (TPSA) is 162 Å². The highest BCUT2D eigenvalue weighted by molar-refractivity contribution is 5.85. The highest BCUT2D eigenvalue weighted by atomic mass is 19.2. The van der Waals surface area contributed by atoms with Crippen LogP contribution in [0.2, 0.25) is 0 Å². The Morgan fingerprint density at radius 2 is 1.02 bits per heavy atom. The molecule has 0 amide bonds. The zero-order valence-corrected chi connectivity index (χ0v) is 35.9. The molecule has 0 saturated heterocycles. The molecular weight excluding hydrogens is 835 g/mol. The van der Waals surface area contributed by atoms with Gasteiger partial charge in [-0.15, -0.1) is 0 Å². The number of carboxylic acids is 2. The van der Waals surface area contributed by atoms with Gasteiger partial charge in [0.2, 0.25) is 0 Å². The van der Waals surface area contributed by atoms with Gasteiger partial charge in [0.15, 0.2) is 23.0 Å². The van der Waals surface area contributed by atoms with Crippen LogP contribution in [0.25, 0.3) is 12.2 Å². The van der Waals surface area contributed by atoms with Gasteiger partial charge in [-0.2, -0.15) is 0 Å². The molecule has 6 rings (SSSR count). The van der Waals surface area contributed by atoms with Crippen molar-refractivity contribution in [2.45, 2.75) is 90.8 Å². The fourth-order valence-corrected chi connectivity index (χ4v) is 7.89. The highest BCUT2D eigenvalue weighted by Crippen LogP contribution is 2.45. The number of carboxylic acid groups (broad SMARTS) is 2. The number of carbonyl (C=O) groups is 2. The summed E-state index contributed by atoms with van der Waals surface area (Å²) < 4.78 is 89.5. The van der Waals surface area contributed by atoms with Crippen molar-refractivity contribution in [1.29, 1.82) is 0 Å². The lowest BCUT2D eigenvalue weighted by Crippen LogP contribution is -2.48. The Hall–Kier alpha value is -6.00. The number of nitrogens with zero attached hydrogens (tertiary/aromatic N) is 2. The van der Waals surface area contributed by atoms with Crippen molar-refractivity contribution in [3.63, 3.8) is 0 Å². The Balaban J connectivity index is 0.000000266. The molecule has 2 aliphatic heterocycles. The summed E-state index contributed by atoms with van der Waals surface area (Å²) in [6.45, 7) is 11.3. The second-order valence-electron chi connectivity index (χ2n) is 16.4. The lowest BCUT2D eigenvalue weighted by molar-refractivity contribution is -0.132. The molecule has 0 bridgehead atoms. The van der Waals surface area contributed by atoms with Gasteiger partial charge in [0.25, 0.3) is 0 Å². The maximum Gasteiger partial charge on any atom is 0.328 e. The third-order valence-corrected chi connectivity index (χ3v) is 10.2. The van der Waals surface area contributed by atoms with Crippen molar-refractivity contribution in [1.82, 2.24) is 9.80 Å². The lowest BCUT2D eigenvalue weighted by Gasteiger charge is -2.44. The van der Waals surface area contributed by atoms with E-state index >= 15 is 17.6 Å². The van der Waals surface area contributed by atoms with E-state index in [4.69, 9.17) is 10.2 Å². The van der Waals surface area contributed by atoms with Crippen LogP contribution >= 0.6 is 0 Å². The number of benzene rings is 4. The van der Waals surface area contributed by atoms with Crippen molar-refractivity contribution in [2.75, 3.05) is 19.6 Å². The van der Waals surface area contributed by atoms with E-state index < -0.39 is 70.1 Å². The van der Waals surface area contributed by atoms with Gasteiger partial charge in [0.05, 0.1) is 12.1 Å². The third kappa shape index (κ3) is 12.3. The molecule has 0 saturated carbocycles. The summed E-state index contributed by atoms with van der Waals surface area (Å²) >= 11 is 0. The lowest BCUT2D eigenvalue weighted by atomic mass is 9.83. The van der Waals surface area contributed by atoms with E-state index in [0.717, 1.165) is 48.6 Å². The molecule has 4 aromatic carbocycles. The molecule has 6 N–H and O–H groups in total. The van der Waals surface area contributed by atoms with Crippen LogP contribution in [0.3, 0.4) is 0 Å². The fraction of sp³-hybridized carbons (Fsp3) is 0.362. The Morgan fingerprint density at radius 3 is 1.43 bits per heavy atom. The molecule has 0 fully saturated rings. The average Bonchev–Trinajstić information content (AvgIpc) is 3.16. The zero-order chi connectivity index (χ0) is 47.3. The Bertz CT molecular complexity index is 2340. The quantitative estimate of drug-likeness (QED) is 0.0514. The van der Waals surface area contributed by atoms with Crippen molar-refractivity contribution < 1.29 is 66.6 Å². The fourth-order valence-electron chi connectivity index (χ4n) is 7.89. The van der Waals surface area contributed by atoms with Crippen molar-refractivity contribution >= 4 is 24.1 Å². The first kappa shape index (κ1) is 49.7. The predicted octanol–water partition coefficient (Wildman–Crippen LogP) is 9.75. The van der Waals surface area contributed by atoms with Crippen LogP contribution in [-0.2, 0) is 22.4 Å². The Kier molecular flexibility index (Phi) is 15.8. The molecule has 0 aliphatic carbocycles. The standard InChI is InChI=1S/C23H24F3NO4.C22H22F3NO4.C2H6/c1-12-6-14-9-18(28)19(29)10-15(14)22(27(12)11-23(2,3)26)21-16(24)7-13(8-17(21)25)4-5-20(30)31;1-22(2,25)11-26-6-5-13-9-17(27)18(28)10-14(13)21(26)20-15(23)7-12(8-16(20)24)3-4-19(29)30;1-2/h4-5,7-10,12,22,28-29H,6,11H2,1-3H3,(H,30,31);3-4,7-10,21,27-28H,5-6,11H2,1-2H3,(H,29,30);1-2H3/b5-4+;4-3+;/t12?,22-;;/m1../s1. The first-order chi connectivity index (χ1) is 29.3. The molecule has 340 valence electrons. The number of aliphatic carboxylic acids is 2. The van der Waals surface area contributed by atoms with Gasteiger partial charge >= 0.3 is 11.9 Å². The molecule has 2 unspecified atom stereocenters. The van der Waals surface area contributed by atoms with Gasteiger partial charge in [-0.1, -0.05) is 13.8 Å². The van der Waals surface area contributed by atoms with Crippen LogP contribution in [0.5, 0.6) is 23.0 Å². The minimum absolute atomic E-state index is 0.0242. The summed E-state index contributed by atoms with van der Waals surface area (Å²) in [6, 6.07) is 6.80. The van der Waals surface area contributed by atoms with Crippen LogP contribution in [-0.4, -0.2) is 89.4 Å². The molecule has 10 nitrogen and oxygen atoms in total. The summed E-state index contributed by atoms with van der Waals surface area (Å²) in [4.78, 5) is 24.6. The van der Waals surface area contributed by atoms with Crippen LogP contribution in [0.15, 0.2) is 60.7 Å². The Labute approximate surface area is 361 Å². The molecule has 0 spiro atoms. The summed E-state index contributed by atoms with van der Waals surface area (Å²) in [5, 5.41) is 57.2. The molecule has 3 atom stereocenters. The first-order valence-electron chi connectivity index (χ1n) is 20.1. The van der Waals surface area contributed by atoms with Crippen molar-refractivity contribution in [3.8, 4) is 23.0 Å². The number of fused-ring (bicyclic) bond motifs is 2. The molecule has 63 heavy (non-hydrogen) atoms. The number of aromatic hydroxyl groups is 4. The number of alkyl halides is 2. The summed E-state index contributed by atoms with van der Waals surface area (Å²) in [5.41, 5.74) is -2.02. The average molecular weight is 887 g/mol. The van der Waals surface area contributed by atoms with E-state index in [1.807, 2.05) is 13.8 Å². The van der Waals surface area contributed by atoms with Gasteiger partial charge in [-0.25, -0.2) is 35.9 Å². The van der Waals surface area contributed by atoms with E-state index in [1.54, 1.807) is 16.7 Å². The molecule has 16 heteroatoms. The first-order valence-corrected chi connectivity index (χ1v) is 20.1. The number of hydrogen-bond donors (Lipinski definition) is 6. The van der Waals surface area contributed by atoms with Crippen LogP contribution in [0, 0.1) is 23.3 Å². The van der Waals surface area contributed by atoms with Crippen LogP contribution < -0.4 is 0 Å². The second kappa shape index (κ2) is 20.0. The van der Waals surface area contributed by atoms with Gasteiger partial charge in [0.1, 0.15) is 34.6 Å². The van der Waals surface area contributed by atoms with E-state index in [9.17, 15) is 38.8 Å². The largest absolute Gasteiger partial charge is 0.504 e. The second-order valence-corrected chi connectivity index (χ2v) is 16.4. The number of hydrogen-bond acceptors (Lipinski definition) is 8. The number of phenolic OH excluding ortho intramolecular Hbond substituents is 4. The predicted molar refractivity (Wildman–Crippen MR) is 226 cm³/mol. The number of rotatable bonds is 10. The molecule has 2 aliphatic rings. The third-order valence-electron chi connectivity index (χ3n) is 10.2.